The summed E-state index contributed by atoms with van der Waals surface area (Å²) in [4.78, 5) is 14.3. The molecular weight excluding hydrogens is 338 g/mol. The fourth-order valence-electron chi connectivity index (χ4n) is 5.08. The molecule has 2 aliphatic carbocycles. The van der Waals surface area contributed by atoms with Gasteiger partial charge in [-0.05, 0) is 62.8 Å². The molecule has 0 spiro atoms. The van der Waals surface area contributed by atoms with Crippen LogP contribution >= 0.6 is 0 Å². The van der Waals surface area contributed by atoms with Gasteiger partial charge >= 0.3 is 5.97 Å². The highest BCUT2D eigenvalue weighted by atomic mass is 16.4. The summed E-state index contributed by atoms with van der Waals surface area (Å²) in [7, 11) is 0. The van der Waals surface area contributed by atoms with Gasteiger partial charge in [-0.2, -0.15) is 0 Å². The largest absolute Gasteiger partial charge is 0.478 e. The molecule has 3 rings (SSSR count). The molecule has 0 heterocycles. The smallest absolute Gasteiger partial charge is 0.336 e. The van der Waals surface area contributed by atoms with Crippen molar-refractivity contribution in [1.29, 1.82) is 0 Å². The van der Waals surface area contributed by atoms with Crippen molar-refractivity contribution in [3.63, 3.8) is 0 Å². The molecule has 27 heavy (non-hydrogen) atoms. The van der Waals surface area contributed by atoms with Crippen molar-refractivity contribution in [1.82, 2.24) is 4.90 Å². The molecular formula is C22H35N3O2. The Hall–Kier alpha value is -1.75. The van der Waals surface area contributed by atoms with E-state index in [1.165, 1.54) is 64.2 Å². The molecule has 0 aliphatic heterocycles. The second-order valence-corrected chi connectivity index (χ2v) is 8.32. The summed E-state index contributed by atoms with van der Waals surface area (Å²) < 4.78 is 0. The van der Waals surface area contributed by atoms with Crippen LogP contribution in [0.1, 0.15) is 86.6 Å². The number of carboxylic acid groups (broad SMARTS) is 1. The summed E-state index contributed by atoms with van der Waals surface area (Å²) in [5.74, 6) is -0.923. The lowest BCUT2D eigenvalue weighted by molar-refractivity contribution is 0.0694. The Bertz CT molecular complexity index is 617. The van der Waals surface area contributed by atoms with Crippen LogP contribution in [0, 0.1) is 0 Å². The lowest BCUT2D eigenvalue weighted by Crippen LogP contribution is -2.45. The van der Waals surface area contributed by atoms with E-state index in [0.29, 0.717) is 41.0 Å². The van der Waals surface area contributed by atoms with E-state index >= 15 is 0 Å². The van der Waals surface area contributed by atoms with Gasteiger partial charge in [0, 0.05) is 12.1 Å². The first kappa shape index (κ1) is 20.0. The molecule has 1 aromatic carbocycles. The van der Waals surface area contributed by atoms with Crippen LogP contribution in [0.2, 0.25) is 0 Å². The van der Waals surface area contributed by atoms with Gasteiger partial charge in [0.05, 0.1) is 16.9 Å². The number of anilines is 2. The molecule has 0 aromatic heterocycles. The van der Waals surface area contributed by atoms with Crippen molar-refractivity contribution >= 4 is 17.3 Å². The van der Waals surface area contributed by atoms with Crippen LogP contribution in [0.25, 0.3) is 0 Å². The summed E-state index contributed by atoms with van der Waals surface area (Å²) >= 11 is 0. The summed E-state index contributed by atoms with van der Waals surface area (Å²) in [6.45, 7) is 1.03. The maximum absolute atomic E-state index is 11.6. The molecule has 150 valence electrons. The van der Waals surface area contributed by atoms with Gasteiger partial charge in [-0.15, -0.1) is 0 Å². The molecule has 1 aromatic rings. The average molecular weight is 374 g/mol. The zero-order chi connectivity index (χ0) is 19.2. The predicted molar refractivity (Wildman–Crippen MR) is 111 cm³/mol. The van der Waals surface area contributed by atoms with E-state index in [2.05, 4.69) is 4.90 Å². The van der Waals surface area contributed by atoms with Crippen molar-refractivity contribution in [2.45, 2.75) is 89.1 Å². The van der Waals surface area contributed by atoms with E-state index in [1.54, 1.807) is 12.1 Å². The summed E-state index contributed by atoms with van der Waals surface area (Å²) in [5, 5.41) is 9.49. The van der Waals surface area contributed by atoms with Crippen LogP contribution in [-0.2, 0) is 6.42 Å². The number of aromatic carboxylic acids is 1. The van der Waals surface area contributed by atoms with Crippen LogP contribution in [0.4, 0.5) is 11.4 Å². The SMILES string of the molecule is Nc1ccc(C(=O)O)c(CCCN(C2CCCCC2)C2CCCCC2)c1N. The highest BCUT2D eigenvalue weighted by molar-refractivity contribution is 5.93. The number of rotatable bonds is 7. The third kappa shape index (κ3) is 4.95. The van der Waals surface area contributed by atoms with Gasteiger partial charge < -0.3 is 16.6 Å². The molecule has 0 unspecified atom stereocenters. The van der Waals surface area contributed by atoms with Gasteiger partial charge in [-0.3, -0.25) is 4.90 Å². The van der Waals surface area contributed by atoms with Crippen LogP contribution in [0.5, 0.6) is 0 Å². The second kappa shape index (κ2) is 9.45. The number of nitrogens with two attached hydrogens (primary N) is 2. The number of carboxylic acids is 1. The number of nitrogens with zero attached hydrogens (tertiary/aromatic N) is 1. The van der Waals surface area contributed by atoms with Crippen LogP contribution in [-0.4, -0.2) is 34.6 Å². The Balaban J connectivity index is 1.68. The number of nitrogen functional groups attached to an aromatic ring is 2. The van der Waals surface area contributed by atoms with Crippen LogP contribution < -0.4 is 11.5 Å². The van der Waals surface area contributed by atoms with E-state index in [4.69, 9.17) is 11.5 Å². The molecule has 0 atom stereocenters. The maximum Gasteiger partial charge on any atom is 0.336 e. The normalized spacial score (nSPS) is 19.4. The second-order valence-electron chi connectivity index (χ2n) is 8.32. The summed E-state index contributed by atoms with van der Waals surface area (Å²) in [6, 6.07) is 4.60. The molecule has 0 radical (unpaired) electrons. The predicted octanol–water partition coefficient (Wildman–Crippen LogP) is 4.45. The number of carbonyl (C=O) groups is 1. The minimum absolute atomic E-state index is 0.295. The maximum atomic E-state index is 11.6. The highest BCUT2D eigenvalue weighted by Gasteiger charge is 2.28. The first-order valence-electron chi connectivity index (χ1n) is 10.7. The van der Waals surface area contributed by atoms with E-state index in [-0.39, 0.29) is 0 Å². The van der Waals surface area contributed by atoms with Gasteiger partial charge in [0.15, 0.2) is 0 Å². The van der Waals surface area contributed by atoms with Crippen LogP contribution in [0.3, 0.4) is 0 Å². The summed E-state index contributed by atoms with van der Waals surface area (Å²) in [5.41, 5.74) is 14.0. The van der Waals surface area contributed by atoms with Crippen molar-refractivity contribution in [3.8, 4) is 0 Å². The monoisotopic (exact) mass is 373 g/mol. The molecule has 2 fully saturated rings. The molecule has 0 saturated heterocycles. The van der Waals surface area contributed by atoms with E-state index in [1.807, 2.05) is 0 Å². The zero-order valence-corrected chi connectivity index (χ0v) is 16.5. The van der Waals surface area contributed by atoms with Crippen molar-refractivity contribution < 1.29 is 9.90 Å². The standard InChI is InChI=1S/C22H35N3O2/c23-20-14-13-19(22(26)27)18(21(20)24)12-7-15-25(16-8-3-1-4-9-16)17-10-5-2-6-11-17/h13-14,16-17H,1-12,15,23-24H2,(H,26,27). The van der Waals surface area contributed by atoms with E-state index in [0.717, 1.165) is 13.0 Å². The molecule has 5 N–H and O–H groups in total. The molecule has 0 amide bonds. The molecule has 5 heteroatoms. The van der Waals surface area contributed by atoms with E-state index < -0.39 is 5.97 Å². The number of benzene rings is 1. The minimum atomic E-state index is -0.923. The average Bonchev–Trinajstić information content (AvgIpc) is 2.69. The molecule has 5 nitrogen and oxygen atoms in total. The number of hydrogen-bond acceptors (Lipinski definition) is 4. The number of hydrogen-bond donors (Lipinski definition) is 3. The van der Waals surface area contributed by atoms with Gasteiger partial charge in [-0.1, -0.05) is 38.5 Å². The Morgan fingerprint density at radius 1 is 0.963 bits per heavy atom. The Morgan fingerprint density at radius 2 is 1.52 bits per heavy atom. The Morgan fingerprint density at radius 3 is 2.04 bits per heavy atom. The first-order chi connectivity index (χ1) is 13.1. The topological polar surface area (TPSA) is 92.6 Å². The third-order valence-electron chi connectivity index (χ3n) is 6.55. The van der Waals surface area contributed by atoms with Gasteiger partial charge in [-0.25, -0.2) is 4.79 Å². The van der Waals surface area contributed by atoms with Gasteiger partial charge in [0.1, 0.15) is 0 Å². The summed E-state index contributed by atoms with van der Waals surface area (Å²) in [6.07, 6.45) is 15.0. The zero-order valence-electron chi connectivity index (χ0n) is 16.5. The van der Waals surface area contributed by atoms with Crippen LogP contribution in [0.15, 0.2) is 12.1 Å². The molecule has 0 bridgehead atoms. The lowest BCUT2D eigenvalue weighted by atomic mass is 9.88. The highest BCUT2D eigenvalue weighted by Crippen LogP contribution is 2.31. The molecule has 2 aliphatic rings. The van der Waals surface area contributed by atoms with Gasteiger partial charge in [0.2, 0.25) is 0 Å². The van der Waals surface area contributed by atoms with Gasteiger partial charge in [0.25, 0.3) is 0 Å². The van der Waals surface area contributed by atoms with Crippen molar-refractivity contribution in [3.05, 3.63) is 23.3 Å². The third-order valence-corrected chi connectivity index (χ3v) is 6.55. The van der Waals surface area contributed by atoms with E-state index in [9.17, 15) is 9.90 Å². The van der Waals surface area contributed by atoms with Crippen molar-refractivity contribution in [2.24, 2.45) is 0 Å². The van der Waals surface area contributed by atoms with Crippen molar-refractivity contribution in [2.75, 3.05) is 18.0 Å². The fraction of sp³-hybridized carbons (Fsp3) is 0.682. The Kier molecular flexibility index (Phi) is 7.00. The minimum Gasteiger partial charge on any atom is -0.478 e. The fourth-order valence-corrected chi connectivity index (χ4v) is 5.08. The first-order valence-corrected chi connectivity index (χ1v) is 10.7. The quantitative estimate of drug-likeness (QED) is 0.614. The lowest BCUT2D eigenvalue weighted by Gasteiger charge is -2.42. The molecule has 2 saturated carbocycles. The Labute approximate surface area is 163 Å².